The molecular weight excluding hydrogens is 410 g/mol. The highest BCUT2D eigenvalue weighted by atomic mass is 35.5. The van der Waals surface area contributed by atoms with Crippen molar-refractivity contribution < 1.29 is 4.74 Å². The van der Waals surface area contributed by atoms with Crippen molar-refractivity contribution in [3.8, 4) is 22.4 Å². The van der Waals surface area contributed by atoms with Crippen LogP contribution in [0.2, 0.25) is 5.02 Å². The molecule has 0 aliphatic carbocycles. The maximum absolute atomic E-state index is 12.8. The molecule has 5 nitrogen and oxygen atoms in total. The first-order valence-electron chi connectivity index (χ1n) is 9.80. The molecule has 0 radical (unpaired) electrons. The number of methoxy groups -OCH3 is 1. The highest BCUT2D eigenvalue weighted by Crippen LogP contribution is 2.39. The summed E-state index contributed by atoms with van der Waals surface area (Å²) in [5.41, 5.74) is 5.28. The van der Waals surface area contributed by atoms with Gasteiger partial charge in [0.2, 0.25) is 0 Å². The molecular formula is C25H18ClN3O2. The van der Waals surface area contributed by atoms with Crippen LogP contribution in [0.5, 0.6) is 0 Å². The summed E-state index contributed by atoms with van der Waals surface area (Å²) in [6.45, 7) is 0.254. The number of hydrogen-bond donors (Lipinski definition) is 1. The lowest BCUT2D eigenvalue weighted by molar-refractivity contribution is 0.186. The number of ether oxygens (including phenoxy) is 1. The van der Waals surface area contributed by atoms with Gasteiger partial charge in [0.25, 0.3) is 0 Å². The number of pyridine rings is 3. The average Bonchev–Trinajstić information content (AvgIpc) is 2.79. The molecule has 0 fully saturated rings. The zero-order valence-corrected chi connectivity index (χ0v) is 17.5. The fourth-order valence-electron chi connectivity index (χ4n) is 3.98. The highest BCUT2D eigenvalue weighted by molar-refractivity contribution is 6.35. The Labute approximate surface area is 183 Å². The number of nitrogens with one attached hydrogen (secondary N) is 1. The number of rotatable bonds is 4. The number of halogens is 1. The Morgan fingerprint density at radius 3 is 2.68 bits per heavy atom. The Morgan fingerprint density at radius 2 is 1.87 bits per heavy atom. The van der Waals surface area contributed by atoms with Crippen molar-refractivity contribution in [1.82, 2.24) is 15.0 Å². The molecule has 0 aliphatic heterocycles. The van der Waals surface area contributed by atoms with Crippen LogP contribution >= 0.6 is 11.6 Å². The summed E-state index contributed by atoms with van der Waals surface area (Å²) in [6, 6.07) is 19.1. The summed E-state index contributed by atoms with van der Waals surface area (Å²) in [7, 11) is 1.62. The summed E-state index contributed by atoms with van der Waals surface area (Å²) in [6.07, 6.45) is 3.33. The summed E-state index contributed by atoms with van der Waals surface area (Å²) in [5.74, 6) is 0. The van der Waals surface area contributed by atoms with Crippen molar-refractivity contribution in [2.75, 3.05) is 7.11 Å². The molecule has 0 saturated heterocycles. The zero-order chi connectivity index (χ0) is 21.4. The van der Waals surface area contributed by atoms with Gasteiger partial charge in [-0.1, -0.05) is 48.0 Å². The maximum Gasteiger partial charge on any atom is 0.191 e. The zero-order valence-electron chi connectivity index (χ0n) is 16.7. The predicted octanol–water partition coefficient (Wildman–Crippen LogP) is 5.61. The minimum Gasteiger partial charge on any atom is -0.380 e. The van der Waals surface area contributed by atoms with Crippen LogP contribution in [0.15, 0.2) is 77.9 Å². The molecule has 0 bridgehead atoms. The number of benzene rings is 2. The number of nitrogens with zero attached hydrogens (tertiary/aromatic N) is 2. The highest BCUT2D eigenvalue weighted by Gasteiger charge is 2.21. The molecule has 3 heterocycles. The van der Waals surface area contributed by atoms with Gasteiger partial charge in [0.1, 0.15) is 5.65 Å². The van der Waals surface area contributed by atoms with E-state index in [1.807, 2.05) is 54.6 Å². The predicted molar refractivity (Wildman–Crippen MR) is 124 cm³/mol. The fourth-order valence-corrected chi connectivity index (χ4v) is 4.26. The van der Waals surface area contributed by atoms with Gasteiger partial charge in [-0.15, -0.1) is 0 Å². The third kappa shape index (κ3) is 3.38. The number of aromatic nitrogens is 3. The summed E-state index contributed by atoms with van der Waals surface area (Å²) >= 11 is 6.61. The molecule has 6 heteroatoms. The van der Waals surface area contributed by atoms with Crippen LogP contribution in [0.1, 0.15) is 5.56 Å². The topological polar surface area (TPSA) is 67.9 Å². The molecule has 5 rings (SSSR count). The Kier molecular flexibility index (Phi) is 4.98. The Morgan fingerprint density at radius 1 is 1.03 bits per heavy atom. The van der Waals surface area contributed by atoms with Crippen LogP contribution in [0.25, 0.3) is 44.3 Å². The third-order valence-corrected chi connectivity index (χ3v) is 5.57. The van der Waals surface area contributed by atoms with Crippen LogP contribution < -0.4 is 5.43 Å². The second kappa shape index (κ2) is 7.95. The maximum atomic E-state index is 12.8. The van der Waals surface area contributed by atoms with E-state index in [4.69, 9.17) is 21.3 Å². The van der Waals surface area contributed by atoms with Crippen molar-refractivity contribution >= 4 is 33.5 Å². The van der Waals surface area contributed by atoms with Crippen molar-refractivity contribution in [2.24, 2.45) is 0 Å². The number of fused-ring (bicyclic) bond motifs is 2. The van der Waals surface area contributed by atoms with E-state index in [1.165, 1.54) is 6.07 Å². The largest absolute Gasteiger partial charge is 0.380 e. The van der Waals surface area contributed by atoms with Crippen LogP contribution in [-0.2, 0) is 11.3 Å². The first-order chi connectivity index (χ1) is 15.2. The van der Waals surface area contributed by atoms with Gasteiger partial charge >= 0.3 is 0 Å². The Hall–Kier alpha value is -3.54. The SMILES string of the molecule is COCc1c(-c2cc(Cl)c3ncccc3c2)c(-c2ccccc2)nc2[nH]ccc(=O)c12. The van der Waals surface area contributed by atoms with Gasteiger partial charge in [-0.3, -0.25) is 9.78 Å². The lowest BCUT2D eigenvalue weighted by Crippen LogP contribution is -2.09. The number of H-pyrrole nitrogens is 1. The van der Waals surface area contributed by atoms with Gasteiger partial charge in [-0.05, 0) is 23.8 Å². The molecule has 0 amide bonds. The number of aromatic amines is 1. The Bertz CT molecular complexity index is 1480. The van der Waals surface area contributed by atoms with E-state index in [0.717, 1.165) is 38.9 Å². The fraction of sp³-hybridized carbons (Fsp3) is 0.0800. The lowest BCUT2D eigenvalue weighted by atomic mass is 9.92. The second-order valence-electron chi connectivity index (χ2n) is 7.21. The molecule has 31 heavy (non-hydrogen) atoms. The van der Waals surface area contributed by atoms with Gasteiger partial charge < -0.3 is 9.72 Å². The average molecular weight is 428 g/mol. The van der Waals surface area contributed by atoms with Crippen molar-refractivity contribution in [1.29, 1.82) is 0 Å². The quantitative estimate of drug-likeness (QED) is 0.405. The van der Waals surface area contributed by atoms with Crippen molar-refractivity contribution in [3.63, 3.8) is 0 Å². The van der Waals surface area contributed by atoms with Gasteiger partial charge in [0, 0.05) is 47.6 Å². The van der Waals surface area contributed by atoms with Gasteiger partial charge in [-0.2, -0.15) is 0 Å². The van der Waals surface area contributed by atoms with E-state index in [1.54, 1.807) is 19.5 Å². The molecule has 0 saturated carbocycles. The van der Waals surface area contributed by atoms with Crippen LogP contribution in [0.3, 0.4) is 0 Å². The summed E-state index contributed by atoms with van der Waals surface area (Å²) in [4.78, 5) is 25.2. The van der Waals surface area contributed by atoms with E-state index in [9.17, 15) is 4.79 Å². The molecule has 1 N–H and O–H groups in total. The smallest absolute Gasteiger partial charge is 0.191 e. The number of hydrogen-bond acceptors (Lipinski definition) is 4. The van der Waals surface area contributed by atoms with Crippen molar-refractivity contribution in [3.05, 3.63) is 93.9 Å². The molecule has 0 aliphatic rings. The normalized spacial score (nSPS) is 11.3. The third-order valence-electron chi connectivity index (χ3n) is 5.28. The van der Waals surface area contributed by atoms with Crippen LogP contribution in [0.4, 0.5) is 0 Å². The van der Waals surface area contributed by atoms with E-state index in [2.05, 4.69) is 9.97 Å². The molecule has 152 valence electrons. The molecule has 3 aromatic heterocycles. The minimum absolute atomic E-state index is 0.109. The monoisotopic (exact) mass is 427 g/mol. The van der Waals surface area contributed by atoms with Crippen molar-refractivity contribution in [2.45, 2.75) is 6.61 Å². The lowest BCUT2D eigenvalue weighted by Gasteiger charge is -2.18. The Balaban J connectivity index is 1.95. The van der Waals surface area contributed by atoms with Gasteiger partial charge in [0.05, 0.1) is 28.2 Å². The van der Waals surface area contributed by atoms with E-state index in [0.29, 0.717) is 16.1 Å². The van der Waals surface area contributed by atoms with Gasteiger partial charge in [-0.25, -0.2) is 4.98 Å². The van der Waals surface area contributed by atoms with E-state index < -0.39 is 0 Å². The molecule has 0 unspecified atom stereocenters. The molecule has 0 spiro atoms. The first-order valence-corrected chi connectivity index (χ1v) is 10.2. The van der Waals surface area contributed by atoms with E-state index in [-0.39, 0.29) is 12.0 Å². The van der Waals surface area contributed by atoms with E-state index >= 15 is 0 Å². The summed E-state index contributed by atoms with van der Waals surface area (Å²) in [5, 5.41) is 1.97. The minimum atomic E-state index is -0.109. The molecule has 0 atom stereocenters. The van der Waals surface area contributed by atoms with Gasteiger partial charge in [0.15, 0.2) is 5.43 Å². The second-order valence-corrected chi connectivity index (χ2v) is 7.62. The standard InChI is InChI=1S/C25H18ClN3O2/c1-31-14-18-21(17-12-16-8-5-10-27-23(16)19(26)13-17)24(15-6-3-2-4-7-15)29-25-22(18)20(30)9-11-28-25/h2-13H,14H2,1H3,(H,28,29,30). The molecule has 2 aromatic carbocycles. The first kappa shape index (κ1) is 19.4. The van der Waals surface area contributed by atoms with Crippen LogP contribution in [-0.4, -0.2) is 22.1 Å². The molecule has 5 aromatic rings. The van der Waals surface area contributed by atoms with Crippen LogP contribution in [0, 0.1) is 0 Å². The summed E-state index contributed by atoms with van der Waals surface area (Å²) < 4.78 is 5.54.